The highest BCUT2D eigenvalue weighted by molar-refractivity contribution is 4.85. The summed E-state index contributed by atoms with van der Waals surface area (Å²) in [5, 5.41) is 3.40. The van der Waals surface area contributed by atoms with E-state index in [1.807, 2.05) is 0 Å². The second kappa shape index (κ2) is 5.55. The SMILES string of the molecule is CNC(CCCCOC)C1CC1. The summed E-state index contributed by atoms with van der Waals surface area (Å²) in [5.74, 6) is 0.984. The summed E-state index contributed by atoms with van der Waals surface area (Å²) in [7, 11) is 3.86. The smallest absolute Gasteiger partial charge is 0.0462 e. The van der Waals surface area contributed by atoms with Gasteiger partial charge < -0.3 is 10.1 Å². The summed E-state index contributed by atoms with van der Waals surface area (Å²) >= 11 is 0. The summed E-state index contributed by atoms with van der Waals surface area (Å²) < 4.78 is 5.01. The van der Waals surface area contributed by atoms with Gasteiger partial charge in [-0.3, -0.25) is 0 Å². The molecule has 0 aliphatic heterocycles. The number of hydrogen-bond acceptors (Lipinski definition) is 2. The molecule has 0 saturated heterocycles. The second-order valence-corrected chi connectivity index (χ2v) is 3.72. The molecule has 0 amide bonds. The van der Waals surface area contributed by atoms with Gasteiger partial charge in [0.2, 0.25) is 0 Å². The predicted octanol–water partition coefficient (Wildman–Crippen LogP) is 1.80. The Morgan fingerprint density at radius 3 is 2.67 bits per heavy atom. The fourth-order valence-electron chi connectivity index (χ4n) is 1.72. The Hall–Kier alpha value is -0.0800. The lowest BCUT2D eigenvalue weighted by Gasteiger charge is -2.14. The van der Waals surface area contributed by atoms with E-state index in [1.54, 1.807) is 7.11 Å². The molecule has 1 unspecified atom stereocenters. The van der Waals surface area contributed by atoms with E-state index in [9.17, 15) is 0 Å². The minimum atomic E-state index is 0.779. The molecule has 0 aromatic heterocycles. The maximum atomic E-state index is 5.01. The standard InChI is InChI=1S/C10H21NO/c1-11-10(9-6-7-9)5-3-4-8-12-2/h9-11H,3-8H2,1-2H3. The van der Waals surface area contributed by atoms with Gasteiger partial charge in [0, 0.05) is 19.8 Å². The van der Waals surface area contributed by atoms with E-state index in [-0.39, 0.29) is 0 Å². The predicted molar refractivity (Wildman–Crippen MR) is 51.3 cm³/mol. The first kappa shape index (κ1) is 10.0. The summed E-state index contributed by atoms with van der Waals surface area (Å²) in [4.78, 5) is 0. The van der Waals surface area contributed by atoms with Crippen LogP contribution in [0.5, 0.6) is 0 Å². The Labute approximate surface area is 75.7 Å². The Kier molecular flexibility index (Phi) is 4.62. The fraction of sp³-hybridized carbons (Fsp3) is 1.00. The topological polar surface area (TPSA) is 21.3 Å². The third-order valence-corrected chi connectivity index (χ3v) is 2.68. The van der Waals surface area contributed by atoms with Gasteiger partial charge in [-0.15, -0.1) is 0 Å². The van der Waals surface area contributed by atoms with Crippen LogP contribution in [0.4, 0.5) is 0 Å². The normalized spacial score (nSPS) is 19.5. The lowest BCUT2D eigenvalue weighted by Crippen LogP contribution is -2.27. The number of hydrogen-bond donors (Lipinski definition) is 1. The molecule has 1 N–H and O–H groups in total. The zero-order valence-electron chi connectivity index (χ0n) is 8.31. The summed E-state index contributed by atoms with van der Waals surface area (Å²) in [6.07, 6.45) is 6.72. The first-order valence-corrected chi connectivity index (χ1v) is 5.04. The highest BCUT2D eigenvalue weighted by atomic mass is 16.5. The lowest BCUT2D eigenvalue weighted by atomic mass is 10.1. The average Bonchev–Trinajstić information content (AvgIpc) is 2.88. The number of ether oxygens (including phenoxy) is 1. The van der Waals surface area contributed by atoms with Crippen molar-refractivity contribution in [3.63, 3.8) is 0 Å². The summed E-state index contributed by atoms with van der Waals surface area (Å²) in [5.41, 5.74) is 0. The van der Waals surface area contributed by atoms with Crippen molar-refractivity contribution in [3.8, 4) is 0 Å². The van der Waals surface area contributed by atoms with Crippen LogP contribution in [0.1, 0.15) is 32.1 Å². The number of nitrogens with one attached hydrogen (secondary N) is 1. The maximum Gasteiger partial charge on any atom is 0.0462 e. The molecule has 0 aromatic carbocycles. The molecule has 0 spiro atoms. The molecule has 0 heterocycles. The van der Waals surface area contributed by atoms with E-state index >= 15 is 0 Å². The average molecular weight is 171 g/mol. The van der Waals surface area contributed by atoms with E-state index in [2.05, 4.69) is 12.4 Å². The Morgan fingerprint density at radius 2 is 2.17 bits per heavy atom. The third-order valence-electron chi connectivity index (χ3n) is 2.68. The van der Waals surface area contributed by atoms with Crippen molar-refractivity contribution in [1.29, 1.82) is 0 Å². The highest BCUT2D eigenvalue weighted by Crippen LogP contribution is 2.34. The lowest BCUT2D eigenvalue weighted by molar-refractivity contribution is 0.190. The molecule has 2 heteroatoms. The Balaban J connectivity index is 1.95. The zero-order chi connectivity index (χ0) is 8.81. The molecule has 1 rings (SSSR count). The van der Waals surface area contributed by atoms with E-state index < -0.39 is 0 Å². The zero-order valence-corrected chi connectivity index (χ0v) is 8.31. The fourth-order valence-corrected chi connectivity index (χ4v) is 1.72. The van der Waals surface area contributed by atoms with Gasteiger partial charge in [-0.2, -0.15) is 0 Å². The molecule has 72 valence electrons. The van der Waals surface area contributed by atoms with Crippen LogP contribution in [0, 0.1) is 5.92 Å². The molecule has 12 heavy (non-hydrogen) atoms. The van der Waals surface area contributed by atoms with Gasteiger partial charge in [0.1, 0.15) is 0 Å². The molecule has 2 nitrogen and oxygen atoms in total. The van der Waals surface area contributed by atoms with Crippen LogP contribution in [0.2, 0.25) is 0 Å². The first-order chi connectivity index (χ1) is 5.88. The van der Waals surface area contributed by atoms with Crippen LogP contribution in [0.3, 0.4) is 0 Å². The highest BCUT2D eigenvalue weighted by Gasteiger charge is 2.29. The van der Waals surface area contributed by atoms with Crippen molar-refractivity contribution in [2.75, 3.05) is 20.8 Å². The molecule has 1 aliphatic rings. The largest absolute Gasteiger partial charge is 0.385 e. The number of rotatable bonds is 7. The van der Waals surface area contributed by atoms with Gasteiger partial charge in [-0.25, -0.2) is 0 Å². The monoisotopic (exact) mass is 171 g/mol. The van der Waals surface area contributed by atoms with Gasteiger partial charge in [0.15, 0.2) is 0 Å². The van der Waals surface area contributed by atoms with Gasteiger partial charge in [0.05, 0.1) is 0 Å². The van der Waals surface area contributed by atoms with Crippen LogP contribution < -0.4 is 5.32 Å². The van der Waals surface area contributed by atoms with Crippen LogP contribution in [-0.4, -0.2) is 26.8 Å². The number of methoxy groups -OCH3 is 1. The molecule has 1 aliphatic carbocycles. The van der Waals surface area contributed by atoms with Gasteiger partial charge in [-0.1, -0.05) is 0 Å². The third kappa shape index (κ3) is 3.55. The van der Waals surface area contributed by atoms with E-state index in [1.165, 1.54) is 32.1 Å². The molecular weight excluding hydrogens is 150 g/mol. The van der Waals surface area contributed by atoms with Gasteiger partial charge in [-0.05, 0) is 45.1 Å². The minimum absolute atomic E-state index is 0.779. The van der Waals surface area contributed by atoms with E-state index in [4.69, 9.17) is 4.74 Å². The van der Waals surface area contributed by atoms with Crippen LogP contribution >= 0.6 is 0 Å². The van der Waals surface area contributed by atoms with Crippen molar-refractivity contribution in [2.45, 2.75) is 38.1 Å². The molecule has 1 fully saturated rings. The summed E-state index contributed by atoms with van der Waals surface area (Å²) in [6, 6.07) is 0.779. The Bertz CT molecular complexity index is 112. The molecule has 1 saturated carbocycles. The first-order valence-electron chi connectivity index (χ1n) is 5.04. The van der Waals surface area contributed by atoms with Crippen molar-refractivity contribution >= 4 is 0 Å². The molecule has 0 bridgehead atoms. The molecule has 0 aromatic rings. The van der Waals surface area contributed by atoms with Crippen molar-refractivity contribution in [3.05, 3.63) is 0 Å². The van der Waals surface area contributed by atoms with Gasteiger partial charge >= 0.3 is 0 Å². The number of unbranched alkanes of at least 4 members (excludes halogenated alkanes) is 1. The second-order valence-electron chi connectivity index (χ2n) is 3.72. The van der Waals surface area contributed by atoms with Crippen LogP contribution in [-0.2, 0) is 4.74 Å². The molecular formula is C10H21NO. The van der Waals surface area contributed by atoms with Crippen LogP contribution in [0.25, 0.3) is 0 Å². The Morgan fingerprint density at radius 1 is 1.42 bits per heavy atom. The van der Waals surface area contributed by atoms with Crippen LogP contribution in [0.15, 0.2) is 0 Å². The van der Waals surface area contributed by atoms with E-state index in [0.717, 1.165) is 18.6 Å². The van der Waals surface area contributed by atoms with Crippen molar-refractivity contribution in [2.24, 2.45) is 5.92 Å². The quantitative estimate of drug-likeness (QED) is 0.590. The van der Waals surface area contributed by atoms with Crippen molar-refractivity contribution < 1.29 is 4.74 Å². The van der Waals surface area contributed by atoms with Crippen molar-refractivity contribution in [1.82, 2.24) is 5.32 Å². The van der Waals surface area contributed by atoms with E-state index in [0.29, 0.717) is 0 Å². The minimum Gasteiger partial charge on any atom is -0.385 e. The molecule has 0 radical (unpaired) electrons. The molecule has 1 atom stereocenters. The summed E-state index contributed by atoms with van der Waals surface area (Å²) in [6.45, 7) is 0.918. The maximum absolute atomic E-state index is 5.01. The van der Waals surface area contributed by atoms with Gasteiger partial charge in [0.25, 0.3) is 0 Å².